The van der Waals surface area contributed by atoms with E-state index in [1.54, 1.807) is 0 Å². The quantitative estimate of drug-likeness (QED) is 0.787. The predicted octanol–water partition coefficient (Wildman–Crippen LogP) is 1.99. The molecule has 0 aromatic rings. The van der Waals surface area contributed by atoms with Gasteiger partial charge in [-0.05, 0) is 61.7 Å². The van der Waals surface area contributed by atoms with Gasteiger partial charge in [0.2, 0.25) is 5.91 Å². The molecule has 4 rings (SSSR count). The van der Waals surface area contributed by atoms with Gasteiger partial charge in [0.25, 0.3) is 0 Å². The minimum Gasteiger partial charge on any atom is -0.481 e. The van der Waals surface area contributed by atoms with Gasteiger partial charge >= 0.3 is 5.97 Å². The Morgan fingerprint density at radius 3 is 2.15 bits per heavy atom. The van der Waals surface area contributed by atoms with Gasteiger partial charge < -0.3 is 10.4 Å². The number of nitrogens with one attached hydrogen (secondary N) is 1. The molecule has 0 aliphatic heterocycles. The van der Waals surface area contributed by atoms with Crippen molar-refractivity contribution in [3.05, 3.63) is 0 Å². The molecule has 20 heavy (non-hydrogen) atoms. The Morgan fingerprint density at radius 1 is 1.00 bits per heavy atom. The molecular weight excluding hydrogens is 274 g/mol. The maximum atomic E-state index is 11.7. The molecule has 112 valence electrons. The van der Waals surface area contributed by atoms with Gasteiger partial charge in [-0.1, -0.05) is 0 Å². The summed E-state index contributed by atoms with van der Waals surface area (Å²) in [5, 5.41) is 11.6. The van der Waals surface area contributed by atoms with Crippen LogP contribution in [-0.2, 0) is 9.59 Å². The van der Waals surface area contributed by atoms with Crippen LogP contribution in [0.2, 0.25) is 0 Å². The largest absolute Gasteiger partial charge is 0.481 e. The van der Waals surface area contributed by atoms with Crippen molar-refractivity contribution in [1.82, 2.24) is 5.32 Å². The standard InChI is InChI=1S/C15H23NO3S/c17-14(7-20-8-15(18)19)16-6-13-11-2-9-1-10(4-11)5-12(13)3-9/h9-13H,1-8H2,(H,16,17)(H,18,19). The summed E-state index contributed by atoms with van der Waals surface area (Å²) in [5.41, 5.74) is 0. The number of thioether (sulfide) groups is 1. The van der Waals surface area contributed by atoms with Gasteiger partial charge in [-0.15, -0.1) is 11.8 Å². The Bertz CT molecular complexity index is 371. The van der Waals surface area contributed by atoms with E-state index in [1.807, 2.05) is 0 Å². The number of amides is 1. The number of carboxylic acid groups (broad SMARTS) is 1. The molecule has 0 aromatic heterocycles. The van der Waals surface area contributed by atoms with Gasteiger partial charge in [-0.25, -0.2) is 0 Å². The van der Waals surface area contributed by atoms with Crippen molar-refractivity contribution in [2.75, 3.05) is 18.1 Å². The Labute approximate surface area is 124 Å². The molecule has 4 aliphatic rings. The smallest absolute Gasteiger partial charge is 0.313 e. The van der Waals surface area contributed by atoms with Crippen molar-refractivity contribution in [2.45, 2.75) is 32.1 Å². The van der Waals surface area contributed by atoms with Gasteiger partial charge in [0.1, 0.15) is 0 Å². The summed E-state index contributed by atoms with van der Waals surface area (Å²) in [7, 11) is 0. The van der Waals surface area contributed by atoms with Crippen LogP contribution in [0.25, 0.3) is 0 Å². The van der Waals surface area contributed by atoms with E-state index < -0.39 is 5.97 Å². The van der Waals surface area contributed by atoms with Gasteiger partial charge in [0, 0.05) is 6.54 Å². The van der Waals surface area contributed by atoms with Gasteiger partial charge in [-0.3, -0.25) is 9.59 Å². The van der Waals surface area contributed by atoms with Crippen LogP contribution in [0.3, 0.4) is 0 Å². The maximum Gasteiger partial charge on any atom is 0.313 e. The lowest BCUT2D eigenvalue weighted by Crippen LogP contribution is -2.49. The normalized spacial score (nSPS) is 37.9. The number of hydrogen-bond donors (Lipinski definition) is 2. The second-order valence-electron chi connectivity index (χ2n) is 6.79. The van der Waals surface area contributed by atoms with Crippen molar-refractivity contribution in [1.29, 1.82) is 0 Å². The van der Waals surface area contributed by atoms with E-state index in [2.05, 4.69) is 5.32 Å². The number of carbonyl (C=O) groups excluding carboxylic acids is 1. The fourth-order valence-electron chi connectivity index (χ4n) is 4.88. The van der Waals surface area contributed by atoms with Crippen molar-refractivity contribution in [2.24, 2.45) is 29.6 Å². The van der Waals surface area contributed by atoms with Gasteiger partial charge in [0.05, 0.1) is 11.5 Å². The SMILES string of the molecule is O=C(O)CSCC(=O)NCC1C2CC3CC(C2)CC1C3. The van der Waals surface area contributed by atoms with Crippen LogP contribution >= 0.6 is 11.8 Å². The molecule has 0 saturated heterocycles. The molecule has 4 saturated carbocycles. The second-order valence-corrected chi connectivity index (χ2v) is 7.77. The first-order valence-corrected chi connectivity index (χ1v) is 8.83. The third-order valence-electron chi connectivity index (χ3n) is 5.42. The van der Waals surface area contributed by atoms with E-state index in [-0.39, 0.29) is 17.4 Å². The Hall–Kier alpha value is -0.710. The highest BCUT2D eigenvalue weighted by Crippen LogP contribution is 2.56. The second kappa shape index (κ2) is 5.96. The summed E-state index contributed by atoms with van der Waals surface area (Å²) in [5.74, 6) is 3.68. The zero-order valence-electron chi connectivity index (χ0n) is 11.7. The lowest BCUT2D eigenvalue weighted by molar-refractivity contribution is -0.133. The molecular formula is C15H23NO3S. The highest BCUT2D eigenvalue weighted by atomic mass is 32.2. The Morgan fingerprint density at radius 2 is 1.60 bits per heavy atom. The van der Waals surface area contributed by atoms with Crippen molar-refractivity contribution < 1.29 is 14.7 Å². The zero-order chi connectivity index (χ0) is 14.1. The molecule has 2 N–H and O–H groups in total. The molecule has 0 unspecified atom stereocenters. The molecule has 4 fully saturated rings. The van der Waals surface area contributed by atoms with E-state index in [1.165, 1.54) is 43.9 Å². The highest BCUT2D eigenvalue weighted by molar-refractivity contribution is 8.00. The Kier molecular flexibility index (Phi) is 4.24. The molecule has 5 heteroatoms. The first-order chi connectivity index (χ1) is 9.61. The maximum absolute atomic E-state index is 11.7. The topological polar surface area (TPSA) is 66.4 Å². The average molecular weight is 297 g/mol. The minimum absolute atomic E-state index is 0.00542. The summed E-state index contributed by atoms with van der Waals surface area (Å²) in [6, 6.07) is 0. The summed E-state index contributed by atoms with van der Waals surface area (Å²) >= 11 is 1.17. The first-order valence-electron chi connectivity index (χ1n) is 7.68. The van der Waals surface area contributed by atoms with E-state index in [9.17, 15) is 9.59 Å². The summed E-state index contributed by atoms with van der Waals surface area (Å²) in [6.45, 7) is 0.807. The van der Waals surface area contributed by atoms with Crippen molar-refractivity contribution in [3.8, 4) is 0 Å². The summed E-state index contributed by atoms with van der Waals surface area (Å²) in [6.07, 6.45) is 6.96. The predicted molar refractivity (Wildman–Crippen MR) is 78.5 cm³/mol. The fourth-order valence-corrected chi connectivity index (χ4v) is 5.45. The van der Waals surface area contributed by atoms with Crippen LogP contribution in [0.15, 0.2) is 0 Å². The van der Waals surface area contributed by atoms with Crippen LogP contribution in [0, 0.1) is 29.6 Å². The fraction of sp³-hybridized carbons (Fsp3) is 0.867. The molecule has 4 bridgehead atoms. The van der Waals surface area contributed by atoms with Crippen molar-refractivity contribution in [3.63, 3.8) is 0 Å². The lowest BCUT2D eigenvalue weighted by atomic mass is 9.52. The monoisotopic (exact) mass is 297 g/mol. The van der Waals surface area contributed by atoms with Crippen LogP contribution in [-0.4, -0.2) is 35.0 Å². The third-order valence-corrected chi connectivity index (χ3v) is 6.33. The van der Waals surface area contributed by atoms with Gasteiger partial charge in [-0.2, -0.15) is 0 Å². The number of rotatable bonds is 6. The first kappa shape index (κ1) is 14.2. The molecule has 0 radical (unpaired) electrons. The van der Waals surface area contributed by atoms with E-state index in [4.69, 9.17) is 5.11 Å². The molecule has 0 spiro atoms. The molecule has 1 amide bonds. The van der Waals surface area contributed by atoms with E-state index >= 15 is 0 Å². The number of carbonyl (C=O) groups is 2. The summed E-state index contributed by atoms with van der Waals surface area (Å²) < 4.78 is 0. The zero-order valence-corrected chi connectivity index (χ0v) is 12.5. The number of aliphatic carboxylic acids is 1. The van der Waals surface area contributed by atoms with Crippen molar-refractivity contribution >= 4 is 23.6 Å². The molecule has 4 nitrogen and oxygen atoms in total. The van der Waals surface area contributed by atoms with Gasteiger partial charge in [0.15, 0.2) is 0 Å². The number of carboxylic acids is 1. The van der Waals surface area contributed by atoms with Crippen LogP contribution in [0.1, 0.15) is 32.1 Å². The molecule has 0 heterocycles. The third kappa shape index (κ3) is 3.13. The lowest BCUT2D eigenvalue weighted by Gasteiger charge is -2.54. The van der Waals surface area contributed by atoms with E-state index in [0.717, 1.165) is 30.2 Å². The van der Waals surface area contributed by atoms with Crippen LogP contribution in [0.5, 0.6) is 0 Å². The molecule has 0 aromatic carbocycles. The van der Waals surface area contributed by atoms with Crippen LogP contribution < -0.4 is 5.32 Å². The minimum atomic E-state index is -0.858. The van der Waals surface area contributed by atoms with Crippen LogP contribution in [0.4, 0.5) is 0 Å². The molecule has 4 aliphatic carbocycles. The summed E-state index contributed by atoms with van der Waals surface area (Å²) in [4.78, 5) is 22.1. The average Bonchev–Trinajstić information content (AvgIpc) is 2.36. The Balaban J connectivity index is 1.42. The highest BCUT2D eigenvalue weighted by Gasteiger charge is 2.47. The molecule has 0 atom stereocenters. The van der Waals surface area contributed by atoms with E-state index in [0.29, 0.717) is 5.92 Å². The number of hydrogen-bond acceptors (Lipinski definition) is 3.